The molecule has 0 saturated carbocycles. The number of nitrogen functional groups attached to an aromatic ring is 1. The monoisotopic (exact) mass is 289 g/mol. The Labute approximate surface area is 107 Å². The van der Waals surface area contributed by atoms with Crippen LogP contribution >= 0.6 is 7.91 Å². The van der Waals surface area contributed by atoms with E-state index >= 15 is 0 Å². The number of aliphatic hydroxyl groups excluding tert-OH is 1. The van der Waals surface area contributed by atoms with Crippen LogP contribution in [-0.2, 0) is 18.4 Å². The zero-order chi connectivity index (χ0) is 14.0. The molecule has 19 heavy (non-hydrogen) atoms. The molecule has 1 aliphatic heterocycles. The molecule has 9 nitrogen and oxygen atoms in total. The van der Waals surface area contributed by atoms with E-state index in [2.05, 4.69) is 9.51 Å². The first-order valence-electron chi connectivity index (χ1n) is 5.43. The molecule has 0 unspecified atom stereocenters. The lowest BCUT2D eigenvalue weighted by atomic mass is 10.2. The summed E-state index contributed by atoms with van der Waals surface area (Å²) in [5, 5.41) is 9.72. The van der Waals surface area contributed by atoms with Crippen LogP contribution in [0.3, 0.4) is 0 Å². The Bertz CT molecular complexity index is 578. The fraction of sp³-hybridized carbons (Fsp3) is 0.556. The number of ether oxygens (including phenoxy) is 1. The Hall–Kier alpha value is -1.54. The van der Waals surface area contributed by atoms with Crippen LogP contribution in [0.15, 0.2) is 17.1 Å². The van der Waals surface area contributed by atoms with E-state index in [-0.39, 0.29) is 18.8 Å². The highest BCUT2D eigenvalue weighted by atomic mass is 31.1. The summed E-state index contributed by atoms with van der Waals surface area (Å²) < 4.78 is 31.5. The van der Waals surface area contributed by atoms with Gasteiger partial charge < -0.3 is 15.6 Å². The maximum absolute atomic E-state index is 11.6. The van der Waals surface area contributed by atoms with Crippen LogP contribution in [0.5, 0.6) is 0 Å². The molecule has 104 valence electrons. The molecule has 0 bridgehead atoms. The zero-order valence-electron chi connectivity index (χ0n) is 9.71. The van der Waals surface area contributed by atoms with Gasteiger partial charge in [-0.1, -0.05) is 0 Å². The summed E-state index contributed by atoms with van der Waals surface area (Å²) in [6, 6.07) is 1.43. The highest BCUT2D eigenvalue weighted by Gasteiger charge is 2.35. The van der Waals surface area contributed by atoms with Crippen molar-refractivity contribution in [1.82, 2.24) is 9.55 Å². The number of aromatic nitrogens is 2. The highest BCUT2D eigenvalue weighted by Crippen LogP contribution is 2.28. The Morgan fingerprint density at radius 1 is 1.63 bits per heavy atom. The van der Waals surface area contributed by atoms with Crippen LogP contribution in [0, 0.1) is 0 Å². The fourth-order valence-corrected chi connectivity index (χ4v) is 2.08. The van der Waals surface area contributed by atoms with Crippen LogP contribution in [-0.4, -0.2) is 33.5 Å². The minimum absolute atomic E-state index is 0.0861. The van der Waals surface area contributed by atoms with Crippen LogP contribution in [0.2, 0.25) is 0 Å². The smallest absolute Gasteiger partial charge is 0.390 e. The van der Waals surface area contributed by atoms with Gasteiger partial charge >= 0.3 is 13.6 Å². The SMILES string of the molecule is Nc1ccn([C@H]2C[C@H](O)[C@@H](COP(=O)=O)O2)c(=O)n1. The predicted octanol–water partition coefficient (Wildman–Crippen LogP) is -0.422. The minimum Gasteiger partial charge on any atom is -0.390 e. The van der Waals surface area contributed by atoms with Crippen molar-refractivity contribution in [2.24, 2.45) is 0 Å². The lowest BCUT2D eigenvalue weighted by molar-refractivity contribution is -0.0402. The number of hydrogen-bond donors (Lipinski definition) is 2. The Morgan fingerprint density at radius 3 is 3.00 bits per heavy atom. The van der Waals surface area contributed by atoms with E-state index in [9.17, 15) is 19.0 Å². The van der Waals surface area contributed by atoms with Crippen molar-refractivity contribution in [3.05, 3.63) is 22.7 Å². The summed E-state index contributed by atoms with van der Waals surface area (Å²) in [6.45, 7) is -0.298. The van der Waals surface area contributed by atoms with E-state index in [4.69, 9.17) is 10.5 Å². The van der Waals surface area contributed by atoms with Gasteiger partial charge in [0.1, 0.15) is 18.1 Å². The van der Waals surface area contributed by atoms with Gasteiger partial charge in [0.25, 0.3) is 0 Å². The van der Waals surface area contributed by atoms with Crippen molar-refractivity contribution in [2.45, 2.75) is 24.9 Å². The Balaban J connectivity index is 2.09. The summed E-state index contributed by atoms with van der Waals surface area (Å²) in [5.41, 5.74) is 4.76. The third-order valence-corrected chi connectivity index (χ3v) is 3.07. The van der Waals surface area contributed by atoms with Crippen molar-refractivity contribution < 1.29 is 23.5 Å². The van der Waals surface area contributed by atoms with Gasteiger partial charge in [-0.2, -0.15) is 4.98 Å². The van der Waals surface area contributed by atoms with E-state index in [0.29, 0.717) is 0 Å². The second-order valence-corrected chi connectivity index (χ2v) is 4.70. The average molecular weight is 289 g/mol. The molecule has 0 aliphatic carbocycles. The minimum atomic E-state index is -3.00. The molecule has 10 heteroatoms. The number of nitrogens with two attached hydrogens (primary N) is 1. The molecular weight excluding hydrogens is 277 g/mol. The number of hydrogen-bond acceptors (Lipinski definition) is 8. The molecule has 0 aromatic carbocycles. The highest BCUT2D eigenvalue weighted by molar-refractivity contribution is 7.24. The molecular formula is C9H12N3O6P. The largest absolute Gasteiger partial charge is 0.468 e. The third-order valence-electron chi connectivity index (χ3n) is 2.71. The first-order valence-corrected chi connectivity index (χ1v) is 6.52. The molecule has 1 saturated heterocycles. The van der Waals surface area contributed by atoms with Crippen molar-refractivity contribution in [3.8, 4) is 0 Å². The molecule has 0 radical (unpaired) electrons. The van der Waals surface area contributed by atoms with Gasteiger partial charge in [-0.3, -0.25) is 9.09 Å². The van der Waals surface area contributed by atoms with Gasteiger partial charge in [0.15, 0.2) is 0 Å². The van der Waals surface area contributed by atoms with E-state index < -0.39 is 32.0 Å². The predicted molar refractivity (Wildman–Crippen MR) is 61.7 cm³/mol. The molecule has 1 aliphatic rings. The van der Waals surface area contributed by atoms with Gasteiger partial charge in [0, 0.05) is 12.6 Å². The van der Waals surface area contributed by atoms with Crippen LogP contribution in [0.25, 0.3) is 0 Å². The molecule has 0 spiro atoms. The normalized spacial score (nSPS) is 26.5. The summed E-state index contributed by atoms with van der Waals surface area (Å²) in [6.07, 6.45) is -0.936. The molecule has 3 atom stereocenters. The second-order valence-electron chi connectivity index (χ2n) is 3.99. The maximum Gasteiger partial charge on any atom is 0.468 e. The lowest BCUT2D eigenvalue weighted by Gasteiger charge is -2.14. The van der Waals surface area contributed by atoms with Gasteiger partial charge in [-0.25, -0.2) is 13.9 Å². The third kappa shape index (κ3) is 3.27. The molecule has 0 amide bonds. The van der Waals surface area contributed by atoms with Gasteiger partial charge in [0.2, 0.25) is 0 Å². The molecule has 1 aromatic rings. The zero-order valence-corrected chi connectivity index (χ0v) is 10.6. The van der Waals surface area contributed by atoms with Crippen molar-refractivity contribution in [3.63, 3.8) is 0 Å². The van der Waals surface area contributed by atoms with Gasteiger partial charge in [0.05, 0.1) is 12.7 Å². The number of rotatable bonds is 4. The Kier molecular flexibility index (Phi) is 4.11. The summed E-state index contributed by atoms with van der Waals surface area (Å²) >= 11 is 0. The number of nitrogens with zero attached hydrogens (tertiary/aromatic N) is 2. The Morgan fingerprint density at radius 2 is 2.37 bits per heavy atom. The van der Waals surface area contributed by atoms with Crippen molar-refractivity contribution in [2.75, 3.05) is 12.3 Å². The van der Waals surface area contributed by atoms with Crippen molar-refractivity contribution >= 4 is 13.7 Å². The lowest BCUT2D eigenvalue weighted by Crippen LogP contribution is -2.28. The van der Waals surface area contributed by atoms with Crippen LogP contribution < -0.4 is 11.4 Å². The number of anilines is 1. The first kappa shape index (κ1) is 13.9. The molecule has 3 N–H and O–H groups in total. The van der Waals surface area contributed by atoms with Gasteiger partial charge in [-0.15, -0.1) is 0 Å². The van der Waals surface area contributed by atoms with Crippen molar-refractivity contribution in [1.29, 1.82) is 0 Å². The molecule has 2 rings (SSSR count). The quantitative estimate of drug-likeness (QED) is 0.713. The maximum atomic E-state index is 11.6. The number of aliphatic hydroxyl groups is 1. The fourth-order valence-electron chi connectivity index (χ4n) is 1.82. The molecule has 2 heterocycles. The van der Waals surface area contributed by atoms with E-state index in [1.54, 1.807) is 0 Å². The summed E-state index contributed by atoms with van der Waals surface area (Å²) in [4.78, 5) is 15.1. The summed E-state index contributed by atoms with van der Waals surface area (Å²) in [7, 11) is -3.00. The van der Waals surface area contributed by atoms with Crippen LogP contribution in [0.1, 0.15) is 12.6 Å². The summed E-state index contributed by atoms with van der Waals surface area (Å²) in [5.74, 6) is 0.0861. The topological polar surface area (TPSA) is 134 Å². The average Bonchev–Trinajstić information content (AvgIpc) is 2.67. The van der Waals surface area contributed by atoms with E-state index in [0.717, 1.165) is 0 Å². The van der Waals surface area contributed by atoms with E-state index in [1.165, 1.54) is 16.8 Å². The molecule has 1 aromatic heterocycles. The first-order chi connectivity index (χ1) is 8.97. The second kappa shape index (κ2) is 5.62. The van der Waals surface area contributed by atoms with Crippen LogP contribution in [0.4, 0.5) is 5.82 Å². The van der Waals surface area contributed by atoms with Gasteiger partial charge in [-0.05, 0) is 6.07 Å². The molecule has 1 fully saturated rings. The standard InChI is InChI=1S/C9H12N3O6P/c10-7-1-2-12(9(14)11-7)8-3-5(13)6(18-8)4-17-19(15)16/h1-2,5-6,8,13H,3-4H2,(H2,10,11,14)/t5-,6+,8+/m0/s1. The van der Waals surface area contributed by atoms with E-state index in [1.807, 2.05) is 0 Å².